The quantitative estimate of drug-likeness (QED) is 0.556. The highest BCUT2D eigenvalue weighted by molar-refractivity contribution is 5.82. The monoisotopic (exact) mass is 166 g/mol. The SMILES string of the molecule is O=C1COC(C2=CCCCC2)C1. The average molecular weight is 166 g/mol. The Hall–Kier alpha value is -0.630. The van der Waals surface area contributed by atoms with E-state index >= 15 is 0 Å². The lowest BCUT2D eigenvalue weighted by atomic mass is 9.94. The highest BCUT2D eigenvalue weighted by Gasteiger charge is 2.26. The van der Waals surface area contributed by atoms with Gasteiger partial charge in [-0.1, -0.05) is 6.08 Å². The van der Waals surface area contributed by atoms with Crippen LogP contribution < -0.4 is 0 Å². The van der Waals surface area contributed by atoms with E-state index in [2.05, 4.69) is 6.08 Å². The van der Waals surface area contributed by atoms with Gasteiger partial charge in [-0.15, -0.1) is 0 Å². The zero-order valence-electron chi connectivity index (χ0n) is 7.21. The van der Waals surface area contributed by atoms with Crippen LogP contribution in [-0.2, 0) is 9.53 Å². The number of carbonyl (C=O) groups excluding carboxylic acids is 1. The first kappa shape index (κ1) is 7.99. The van der Waals surface area contributed by atoms with Crippen LogP contribution in [0.3, 0.4) is 0 Å². The van der Waals surface area contributed by atoms with Crippen LogP contribution in [0.2, 0.25) is 0 Å². The Morgan fingerprint density at radius 1 is 1.42 bits per heavy atom. The summed E-state index contributed by atoms with van der Waals surface area (Å²) in [5.74, 6) is 0.256. The van der Waals surface area contributed by atoms with E-state index in [4.69, 9.17) is 4.74 Å². The second-order valence-electron chi connectivity index (χ2n) is 3.57. The zero-order chi connectivity index (χ0) is 8.39. The molecule has 1 atom stereocenters. The first-order valence-electron chi connectivity index (χ1n) is 4.68. The highest BCUT2D eigenvalue weighted by Crippen LogP contribution is 2.26. The van der Waals surface area contributed by atoms with E-state index in [-0.39, 0.29) is 11.9 Å². The van der Waals surface area contributed by atoms with Crippen molar-refractivity contribution in [1.29, 1.82) is 0 Å². The Kier molecular flexibility index (Phi) is 2.26. The first-order valence-corrected chi connectivity index (χ1v) is 4.68. The molecule has 0 aromatic heterocycles. The van der Waals surface area contributed by atoms with E-state index in [1.807, 2.05) is 0 Å². The fourth-order valence-corrected chi connectivity index (χ4v) is 1.91. The van der Waals surface area contributed by atoms with E-state index in [1.165, 1.54) is 24.8 Å². The topological polar surface area (TPSA) is 26.3 Å². The second kappa shape index (κ2) is 3.40. The van der Waals surface area contributed by atoms with Gasteiger partial charge in [0.25, 0.3) is 0 Å². The van der Waals surface area contributed by atoms with Crippen LogP contribution in [0.25, 0.3) is 0 Å². The summed E-state index contributed by atoms with van der Waals surface area (Å²) in [6.07, 6.45) is 7.88. The number of hydrogen-bond acceptors (Lipinski definition) is 2. The van der Waals surface area contributed by atoms with E-state index < -0.39 is 0 Å². The second-order valence-corrected chi connectivity index (χ2v) is 3.57. The summed E-state index contributed by atoms with van der Waals surface area (Å²) >= 11 is 0. The summed E-state index contributed by atoms with van der Waals surface area (Å²) in [6, 6.07) is 0. The van der Waals surface area contributed by atoms with Crippen molar-refractivity contribution in [3.05, 3.63) is 11.6 Å². The van der Waals surface area contributed by atoms with Gasteiger partial charge in [-0.2, -0.15) is 0 Å². The van der Waals surface area contributed by atoms with Crippen LogP contribution >= 0.6 is 0 Å². The van der Waals surface area contributed by atoms with Crippen LogP contribution in [0.5, 0.6) is 0 Å². The van der Waals surface area contributed by atoms with Crippen LogP contribution in [0, 0.1) is 0 Å². The third-order valence-electron chi connectivity index (χ3n) is 2.60. The molecule has 1 fully saturated rings. The van der Waals surface area contributed by atoms with E-state index in [9.17, 15) is 4.79 Å². The van der Waals surface area contributed by atoms with Gasteiger partial charge in [-0.05, 0) is 31.3 Å². The molecule has 0 N–H and O–H groups in total. The Labute approximate surface area is 72.6 Å². The molecule has 0 radical (unpaired) electrons. The van der Waals surface area contributed by atoms with Crippen LogP contribution in [0.15, 0.2) is 11.6 Å². The maximum absolute atomic E-state index is 10.9. The van der Waals surface area contributed by atoms with Crippen LogP contribution in [-0.4, -0.2) is 18.5 Å². The number of allylic oxidation sites excluding steroid dienone is 1. The van der Waals surface area contributed by atoms with E-state index in [0.717, 1.165) is 6.42 Å². The fourth-order valence-electron chi connectivity index (χ4n) is 1.91. The third-order valence-corrected chi connectivity index (χ3v) is 2.60. The molecule has 0 aromatic carbocycles. The molecule has 1 saturated heterocycles. The molecule has 0 saturated carbocycles. The van der Waals surface area contributed by atoms with Crippen molar-refractivity contribution in [3.63, 3.8) is 0 Å². The third kappa shape index (κ3) is 1.58. The molecule has 0 spiro atoms. The smallest absolute Gasteiger partial charge is 0.161 e. The standard InChI is InChI=1S/C10H14O2/c11-9-6-10(12-7-9)8-4-2-1-3-5-8/h4,10H,1-3,5-7H2. The lowest BCUT2D eigenvalue weighted by Crippen LogP contribution is -2.11. The number of carbonyl (C=O) groups is 1. The Bertz CT molecular complexity index is 218. The molecule has 2 heteroatoms. The largest absolute Gasteiger partial charge is 0.366 e. The number of hydrogen-bond donors (Lipinski definition) is 0. The molecular weight excluding hydrogens is 152 g/mol. The van der Waals surface area contributed by atoms with Gasteiger partial charge in [0, 0.05) is 6.42 Å². The Morgan fingerprint density at radius 2 is 2.33 bits per heavy atom. The maximum Gasteiger partial charge on any atom is 0.161 e. The van der Waals surface area contributed by atoms with Gasteiger partial charge in [0.2, 0.25) is 0 Å². The van der Waals surface area contributed by atoms with Crippen molar-refractivity contribution < 1.29 is 9.53 Å². The summed E-state index contributed by atoms with van der Waals surface area (Å²) in [6.45, 7) is 0.335. The Balaban J connectivity index is 1.99. The number of ether oxygens (including phenoxy) is 1. The number of ketones is 1. The molecule has 1 aliphatic carbocycles. The molecule has 12 heavy (non-hydrogen) atoms. The molecule has 1 unspecified atom stereocenters. The highest BCUT2D eigenvalue weighted by atomic mass is 16.5. The molecule has 1 aliphatic heterocycles. The predicted octanol–water partition coefficient (Wildman–Crippen LogP) is 1.84. The van der Waals surface area contributed by atoms with Gasteiger partial charge in [0.1, 0.15) is 6.61 Å². The molecule has 2 aliphatic rings. The molecule has 2 rings (SSSR count). The van der Waals surface area contributed by atoms with E-state index in [1.54, 1.807) is 0 Å². The van der Waals surface area contributed by atoms with Gasteiger partial charge in [-0.3, -0.25) is 4.79 Å². The molecule has 0 aromatic rings. The summed E-state index contributed by atoms with van der Waals surface area (Å²) in [7, 11) is 0. The van der Waals surface area contributed by atoms with Crippen LogP contribution in [0.1, 0.15) is 32.1 Å². The molecule has 2 nitrogen and oxygen atoms in total. The first-order chi connectivity index (χ1) is 5.86. The van der Waals surface area contributed by atoms with Crippen molar-refractivity contribution in [2.45, 2.75) is 38.2 Å². The molecule has 1 heterocycles. The van der Waals surface area contributed by atoms with Gasteiger partial charge in [0.15, 0.2) is 5.78 Å². The van der Waals surface area contributed by atoms with Gasteiger partial charge >= 0.3 is 0 Å². The average Bonchev–Trinajstić information content (AvgIpc) is 2.54. The Morgan fingerprint density at radius 3 is 2.92 bits per heavy atom. The van der Waals surface area contributed by atoms with Crippen molar-refractivity contribution in [2.24, 2.45) is 0 Å². The normalized spacial score (nSPS) is 30.5. The van der Waals surface area contributed by atoms with Gasteiger partial charge < -0.3 is 4.74 Å². The lowest BCUT2D eigenvalue weighted by molar-refractivity contribution is -0.117. The zero-order valence-corrected chi connectivity index (χ0v) is 7.21. The fraction of sp³-hybridized carbons (Fsp3) is 0.700. The summed E-state index contributed by atoms with van der Waals surface area (Å²) in [5.41, 5.74) is 1.37. The molecule has 0 amide bonds. The van der Waals surface area contributed by atoms with Gasteiger partial charge in [-0.25, -0.2) is 0 Å². The summed E-state index contributed by atoms with van der Waals surface area (Å²) < 4.78 is 5.39. The summed E-state index contributed by atoms with van der Waals surface area (Å²) in [5, 5.41) is 0. The minimum absolute atomic E-state index is 0.137. The lowest BCUT2D eigenvalue weighted by Gasteiger charge is -2.17. The van der Waals surface area contributed by atoms with Crippen molar-refractivity contribution in [1.82, 2.24) is 0 Å². The maximum atomic E-state index is 10.9. The number of rotatable bonds is 1. The van der Waals surface area contributed by atoms with Crippen molar-refractivity contribution in [2.75, 3.05) is 6.61 Å². The molecule has 66 valence electrons. The summed E-state index contributed by atoms with van der Waals surface area (Å²) in [4.78, 5) is 10.9. The minimum atomic E-state index is 0.137. The van der Waals surface area contributed by atoms with E-state index in [0.29, 0.717) is 13.0 Å². The minimum Gasteiger partial charge on any atom is -0.366 e. The molecule has 0 bridgehead atoms. The number of Topliss-reactive ketones (excluding diaryl/α,β-unsaturated/α-hetero) is 1. The van der Waals surface area contributed by atoms with Gasteiger partial charge in [0.05, 0.1) is 6.10 Å². The van der Waals surface area contributed by atoms with Crippen molar-refractivity contribution >= 4 is 5.78 Å². The van der Waals surface area contributed by atoms with Crippen LogP contribution in [0.4, 0.5) is 0 Å². The predicted molar refractivity (Wildman–Crippen MR) is 45.9 cm³/mol. The van der Waals surface area contributed by atoms with Crippen molar-refractivity contribution in [3.8, 4) is 0 Å². The molecular formula is C10H14O2.